The van der Waals surface area contributed by atoms with Gasteiger partial charge in [0.1, 0.15) is 5.82 Å². The number of benzene rings is 1. The van der Waals surface area contributed by atoms with Crippen molar-refractivity contribution in [2.24, 2.45) is 5.16 Å². The third-order valence-electron chi connectivity index (χ3n) is 2.49. The Bertz CT molecular complexity index is 455. The van der Waals surface area contributed by atoms with Crippen LogP contribution in [-0.4, -0.2) is 22.4 Å². The van der Waals surface area contributed by atoms with E-state index >= 15 is 0 Å². The predicted octanol–water partition coefficient (Wildman–Crippen LogP) is 1.79. The van der Waals surface area contributed by atoms with Crippen LogP contribution in [0.25, 0.3) is 0 Å². The molecular formula is C11H10FNO3. The number of rotatable bonds is 2. The fourth-order valence-corrected chi connectivity index (χ4v) is 1.45. The zero-order valence-electron chi connectivity index (χ0n) is 8.61. The molecule has 0 radical (unpaired) electrons. The molecule has 0 spiro atoms. The van der Waals surface area contributed by atoms with E-state index in [1.54, 1.807) is 12.1 Å². The molecule has 1 aromatic rings. The molecule has 0 amide bonds. The molecule has 0 fully saturated rings. The average Bonchev–Trinajstić information content (AvgIpc) is 2.63. The molecule has 0 unspecified atom stereocenters. The monoisotopic (exact) mass is 223 g/mol. The first-order valence-corrected chi connectivity index (χ1v) is 4.76. The van der Waals surface area contributed by atoms with Crippen molar-refractivity contribution in [3.8, 4) is 0 Å². The van der Waals surface area contributed by atoms with Crippen molar-refractivity contribution in [1.82, 2.24) is 0 Å². The number of aliphatic carboxylic acids is 1. The zero-order valence-corrected chi connectivity index (χ0v) is 8.61. The van der Waals surface area contributed by atoms with Gasteiger partial charge in [0, 0.05) is 6.42 Å². The third-order valence-corrected chi connectivity index (χ3v) is 2.49. The maximum Gasteiger partial charge on any atom is 0.351 e. The number of carboxylic acid groups (broad SMARTS) is 1. The SMILES string of the molecule is C[C@@]1(C(=O)O)CC(c2ccc(F)cc2)=NO1. The fourth-order valence-electron chi connectivity index (χ4n) is 1.45. The van der Waals surface area contributed by atoms with Crippen LogP contribution < -0.4 is 0 Å². The smallest absolute Gasteiger partial charge is 0.351 e. The molecule has 1 atom stereocenters. The van der Waals surface area contributed by atoms with E-state index in [9.17, 15) is 9.18 Å². The molecular weight excluding hydrogens is 213 g/mol. The molecule has 5 heteroatoms. The molecule has 0 saturated carbocycles. The Morgan fingerprint density at radius 1 is 1.50 bits per heavy atom. The minimum Gasteiger partial charge on any atom is -0.478 e. The maximum absolute atomic E-state index is 12.7. The van der Waals surface area contributed by atoms with Gasteiger partial charge in [0.2, 0.25) is 5.60 Å². The van der Waals surface area contributed by atoms with E-state index in [0.717, 1.165) is 0 Å². The van der Waals surface area contributed by atoms with Gasteiger partial charge in [-0.05, 0) is 24.6 Å². The van der Waals surface area contributed by atoms with Gasteiger partial charge in [-0.3, -0.25) is 0 Å². The molecule has 4 nitrogen and oxygen atoms in total. The quantitative estimate of drug-likeness (QED) is 0.831. The minimum atomic E-state index is -1.32. The summed E-state index contributed by atoms with van der Waals surface area (Å²) in [7, 11) is 0. The highest BCUT2D eigenvalue weighted by molar-refractivity contribution is 6.04. The molecule has 16 heavy (non-hydrogen) atoms. The summed E-state index contributed by atoms with van der Waals surface area (Å²) in [5.41, 5.74) is -0.125. The van der Waals surface area contributed by atoms with Gasteiger partial charge in [0.05, 0.1) is 5.71 Å². The number of hydrogen-bond acceptors (Lipinski definition) is 3. The summed E-state index contributed by atoms with van der Waals surface area (Å²) >= 11 is 0. The van der Waals surface area contributed by atoms with Crippen molar-refractivity contribution in [1.29, 1.82) is 0 Å². The van der Waals surface area contributed by atoms with E-state index in [0.29, 0.717) is 11.3 Å². The highest BCUT2D eigenvalue weighted by Gasteiger charge is 2.42. The van der Waals surface area contributed by atoms with E-state index in [1.807, 2.05) is 0 Å². The first kappa shape index (κ1) is 10.6. The molecule has 1 heterocycles. The van der Waals surface area contributed by atoms with E-state index in [4.69, 9.17) is 9.94 Å². The van der Waals surface area contributed by atoms with Gasteiger partial charge in [0.15, 0.2) is 0 Å². The van der Waals surface area contributed by atoms with Crippen molar-refractivity contribution < 1.29 is 19.1 Å². The summed E-state index contributed by atoms with van der Waals surface area (Å²) in [6, 6.07) is 5.69. The molecule has 0 aromatic heterocycles. The second kappa shape index (κ2) is 3.59. The topological polar surface area (TPSA) is 58.9 Å². The van der Waals surface area contributed by atoms with Gasteiger partial charge in [0.25, 0.3) is 0 Å². The molecule has 0 saturated heterocycles. The lowest BCUT2D eigenvalue weighted by Crippen LogP contribution is -2.35. The fraction of sp³-hybridized carbons (Fsp3) is 0.273. The number of carbonyl (C=O) groups is 1. The van der Waals surface area contributed by atoms with Crippen LogP contribution in [0.5, 0.6) is 0 Å². The summed E-state index contributed by atoms with van der Waals surface area (Å²) < 4.78 is 12.7. The third kappa shape index (κ3) is 1.76. The second-order valence-electron chi connectivity index (χ2n) is 3.85. The lowest BCUT2D eigenvalue weighted by atomic mass is 9.96. The summed E-state index contributed by atoms with van der Waals surface area (Å²) in [5, 5.41) is 12.6. The maximum atomic E-state index is 12.7. The number of carboxylic acids is 1. The van der Waals surface area contributed by atoms with Gasteiger partial charge >= 0.3 is 5.97 Å². The highest BCUT2D eigenvalue weighted by atomic mass is 19.1. The first-order valence-electron chi connectivity index (χ1n) is 4.76. The Balaban J connectivity index is 2.20. The Kier molecular flexibility index (Phi) is 2.38. The van der Waals surface area contributed by atoms with Gasteiger partial charge in [-0.1, -0.05) is 17.3 Å². The van der Waals surface area contributed by atoms with Crippen molar-refractivity contribution in [2.75, 3.05) is 0 Å². The zero-order chi connectivity index (χ0) is 11.8. The van der Waals surface area contributed by atoms with Crippen LogP contribution in [-0.2, 0) is 9.63 Å². The summed E-state index contributed by atoms with van der Waals surface area (Å²) in [4.78, 5) is 15.8. The van der Waals surface area contributed by atoms with Gasteiger partial charge in [-0.25, -0.2) is 9.18 Å². The molecule has 1 aliphatic rings. The van der Waals surface area contributed by atoms with Crippen LogP contribution in [0.2, 0.25) is 0 Å². The number of halogens is 1. The first-order chi connectivity index (χ1) is 7.51. The molecule has 84 valence electrons. The Hall–Kier alpha value is -1.91. The van der Waals surface area contributed by atoms with Gasteiger partial charge in [-0.2, -0.15) is 0 Å². The Morgan fingerprint density at radius 3 is 2.62 bits per heavy atom. The Labute approximate surface area is 91.3 Å². The molecule has 2 rings (SSSR count). The molecule has 0 aliphatic carbocycles. The lowest BCUT2D eigenvalue weighted by Gasteiger charge is -2.14. The van der Waals surface area contributed by atoms with Crippen LogP contribution in [0.1, 0.15) is 18.9 Å². The van der Waals surface area contributed by atoms with Crippen LogP contribution >= 0.6 is 0 Å². The highest BCUT2D eigenvalue weighted by Crippen LogP contribution is 2.26. The van der Waals surface area contributed by atoms with E-state index in [-0.39, 0.29) is 12.2 Å². The normalized spacial score (nSPS) is 23.8. The molecule has 1 N–H and O–H groups in total. The van der Waals surface area contributed by atoms with Crippen LogP contribution in [0.4, 0.5) is 4.39 Å². The number of oxime groups is 1. The van der Waals surface area contributed by atoms with Crippen molar-refractivity contribution in [2.45, 2.75) is 18.9 Å². The van der Waals surface area contributed by atoms with Gasteiger partial charge in [-0.15, -0.1) is 0 Å². The van der Waals surface area contributed by atoms with E-state index in [1.165, 1.54) is 19.1 Å². The number of nitrogens with zero attached hydrogens (tertiary/aromatic N) is 1. The lowest BCUT2D eigenvalue weighted by molar-refractivity contribution is -0.160. The van der Waals surface area contributed by atoms with Crippen molar-refractivity contribution in [3.05, 3.63) is 35.6 Å². The second-order valence-corrected chi connectivity index (χ2v) is 3.85. The van der Waals surface area contributed by atoms with Crippen LogP contribution in [0, 0.1) is 5.82 Å². The summed E-state index contributed by atoms with van der Waals surface area (Å²) in [5.74, 6) is -1.40. The van der Waals surface area contributed by atoms with Crippen molar-refractivity contribution in [3.63, 3.8) is 0 Å². The largest absolute Gasteiger partial charge is 0.478 e. The number of hydrogen-bond donors (Lipinski definition) is 1. The standard InChI is InChI=1S/C11H10FNO3/c1-11(10(14)15)6-9(13-16-11)7-2-4-8(12)5-3-7/h2-5H,6H2,1H3,(H,14,15)/t11-/m0/s1. The summed E-state index contributed by atoms with van der Waals surface area (Å²) in [6.07, 6.45) is 0.175. The van der Waals surface area contributed by atoms with Crippen LogP contribution in [0.15, 0.2) is 29.4 Å². The van der Waals surface area contributed by atoms with Crippen molar-refractivity contribution >= 4 is 11.7 Å². The minimum absolute atomic E-state index is 0.175. The molecule has 1 aliphatic heterocycles. The summed E-state index contributed by atoms with van der Waals surface area (Å²) in [6.45, 7) is 1.45. The van der Waals surface area contributed by atoms with E-state index in [2.05, 4.69) is 5.16 Å². The van der Waals surface area contributed by atoms with Gasteiger partial charge < -0.3 is 9.94 Å². The Morgan fingerprint density at radius 2 is 2.12 bits per heavy atom. The van der Waals surface area contributed by atoms with E-state index < -0.39 is 11.6 Å². The average molecular weight is 223 g/mol. The van der Waals surface area contributed by atoms with Crippen LogP contribution in [0.3, 0.4) is 0 Å². The molecule has 0 bridgehead atoms. The predicted molar refractivity (Wildman–Crippen MR) is 54.7 cm³/mol. The molecule has 1 aromatic carbocycles.